The summed E-state index contributed by atoms with van der Waals surface area (Å²) in [5.41, 5.74) is 2.71. The van der Waals surface area contributed by atoms with Crippen LogP contribution in [0.25, 0.3) is 0 Å². The van der Waals surface area contributed by atoms with Crippen molar-refractivity contribution in [2.24, 2.45) is 5.41 Å². The molecule has 19 heavy (non-hydrogen) atoms. The summed E-state index contributed by atoms with van der Waals surface area (Å²) in [4.78, 5) is 4.30. The molecule has 0 aliphatic heterocycles. The Morgan fingerprint density at radius 2 is 1.79 bits per heavy atom. The number of anilines is 2. The number of pyridine rings is 1. The lowest BCUT2D eigenvalue weighted by Gasteiger charge is -2.34. The highest BCUT2D eigenvalue weighted by molar-refractivity contribution is 5.54. The zero-order valence-electron chi connectivity index (χ0n) is 12.3. The fourth-order valence-corrected chi connectivity index (χ4v) is 2.80. The van der Waals surface area contributed by atoms with Gasteiger partial charge >= 0.3 is 0 Å². The van der Waals surface area contributed by atoms with Crippen LogP contribution in [0.15, 0.2) is 18.5 Å². The molecule has 3 heteroatoms. The van der Waals surface area contributed by atoms with Gasteiger partial charge in [0.05, 0.1) is 23.8 Å². The van der Waals surface area contributed by atoms with E-state index in [9.17, 15) is 0 Å². The fourth-order valence-electron chi connectivity index (χ4n) is 2.80. The summed E-state index contributed by atoms with van der Waals surface area (Å²) in [5.74, 6) is 0. The molecule has 0 saturated heterocycles. The van der Waals surface area contributed by atoms with Crippen molar-refractivity contribution in [2.45, 2.75) is 52.4 Å². The Morgan fingerprint density at radius 3 is 2.47 bits per heavy atom. The summed E-state index contributed by atoms with van der Waals surface area (Å²) in [6.45, 7) is 6.65. The second-order valence-corrected chi connectivity index (χ2v) is 6.11. The zero-order chi connectivity index (χ0) is 13.6. The van der Waals surface area contributed by atoms with E-state index in [1.54, 1.807) is 0 Å². The Bertz CT molecular complexity index is 383. The Kier molecular flexibility index (Phi) is 5.06. The van der Waals surface area contributed by atoms with E-state index < -0.39 is 0 Å². The Labute approximate surface area is 117 Å². The maximum Gasteiger partial charge on any atom is 0.0547 e. The smallest absolute Gasteiger partial charge is 0.0547 e. The van der Waals surface area contributed by atoms with Gasteiger partial charge in [0.1, 0.15) is 0 Å². The van der Waals surface area contributed by atoms with Gasteiger partial charge < -0.3 is 10.6 Å². The minimum absolute atomic E-state index is 0.463. The molecule has 2 N–H and O–H groups in total. The Morgan fingerprint density at radius 1 is 1.11 bits per heavy atom. The number of hydrogen-bond donors (Lipinski definition) is 2. The van der Waals surface area contributed by atoms with Crippen molar-refractivity contribution in [2.75, 3.05) is 23.7 Å². The molecule has 1 aromatic heterocycles. The van der Waals surface area contributed by atoms with Gasteiger partial charge in [-0.1, -0.05) is 33.1 Å². The van der Waals surface area contributed by atoms with Gasteiger partial charge in [0, 0.05) is 13.1 Å². The third-order valence-corrected chi connectivity index (χ3v) is 4.10. The third-order valence-electron chi connectivity index (χ3n) is 4.10. The van der Waals surface area contributed by atoms with Gasteiger partial charge in [-0.15, -0.1) is 0 Å². The van der Waals surface area contributed by atoms with E-state index in [1.165, 1.54) is 32.1 Å². The van der Waals surface area contributed by atoms with E-state index in [1.807, 2.05) is 12.4 Å². The van der Waals surface area contributed by atoms with E-state index in [2.05, 4.69) is 35.5 Å². The van der Waals surface area contributed by atoms with E-state index in [4.69, 9.17) is 0 Å². The van der Waals surface area contributed by atoms with Crippen molar-refractivity contribution in [1.82, 2.24) is 4.98 Å². The summed E-state index contributed by atoms with van der Waals surface area (Å²) in [6.07, 6.45) is 11.8. The molecule has 0 amide bonds. The van der Waals surface area contributed by atoms with Crippen molar-refractivity contribution < 1.29 is 0 Å². The number of nitrogens with zero attached hydrogens (tertiary/aromatic N) is 1. The molecule has 1 aromatic rings. The van der Waals surface area contributed by atoms with Crippen LogP contribution in [-0.2, 0) is 0 Å². The van der Waals surface area contributed by atoms with E-state index >= 15 is 0 Å². The predicted octanol–water partition coefficient (Wildman–Crippen LogP) is 4.29. The standard InChI is InChI=1S/C16H27N3/c1-3-9-18-14-10-15(12-17-11-14)19-13-16(2)7-5-4-6-8-16/h10-12,18-19H,3-9,13H2,1-2H3. The van der Waals surface area contributed by atoms with E-state index in [0.29, 0.717) is 5.41 Å². The lowest BCUT2D eigenvalue weighted by Crippen LogP contribution is -2.28. The normalized spacial score (nSPS) is 18.0. The van der Waals surface area contributed by atoms with Crippen LogP contribution in [0.2, 0.25) is 0 Å². The summed E-state index contributed by atoms with van der Waals surface area (Å²) in [5, 5.41) is 6.95. The number of rotatable bonds is 6. The second-order valence-electron chi connectivity index (χ2n) is 6.11. The van der Waals surface area contributed by atoms with Gasteiger partial charge in [-0.05, 0) is 30.7 Å². The van der Waals surface area contributed by atoms with Crippen LogP contribution in [0.3, 0.4) is 0 Å². The predicted molar refractivity (Wildman–Crippen MR) is 82.7 cm³/mol. The molecular formula is C16H27N3. The number of hydrogen-bond acceptors (Lipinski definition) is 3. The summed E-state index contributed by atoms with van der Waals surface area (Å²) >= 11 is 0. The molecular weight excluding hydrogens is 234 g/mol. The third kappa shape index (κ3) is 4.41. The maximum atomic E-state index is 4.30. The van der Waals surface area contributed by atoms with Gasteiger partial charge in [-0.2, -0.15) is 0 Å². The summed E-state index contributed by atoms with van der Waals surface area (Å²) < 4.78 is 0. The molecule has 0 bridgehead atoms. The first-order chi connectivity index (χ1) is 9.22. The van der Waals surface area contributed by atoms with E-state index in [0.717, 1.165) is 30.9 Å². The monoisotopic (exact) mass is 261 g/mol. The quantitative estimate of drug-likeness (QED) is 0.802. The highest BCUT2D eigenvalue weighted by Gasteiger charge is 2.26. The average Bonchev–Trinajstić information content (AvgIpc) is 2.44. The van der Waals surface area contributed by atoms with Crippen LogP contribution in [0, 0.1) is 5.41 Å². The van der Waals surface area contributed by atoms with Crippen LogP contribution in [0.4, 0.5) is 11.4 Å². The molecule has 0 unspecified atom stereocenters. The van der Waals surface area contributed by atoms with Crippen molar-refractivity contribution >= 4 is 11.4 Å². The fraction of sp³-hybridized carbons (Fsp3) is 0.688. The number of nitrogens with one attached hydrogen (secondary N) is 2. The second kappa shape index (κ2) is 6.78. The molecule has 1 heterocycles. The molecule has 1 saturated carbocycles. The minimum Gasteiger partial charge on any atom is -0.384 e. The highest BCUT2D eigenvalue weighted by Crippen LogP contribution is 2.35. The van der Waals surface area contributed by atoms with Crippen molar-refractivity contribution in [3.8, 4) is 0 Å². The van der Waals surface area contributed by atoms with Gasteiger partial charge in [-0.25, -0.2) is 0 Å². The Hall–Kier alpha value is -1.25. The zero-order valence-corrected chi connectivity index (χ0v) is 12.3. The average molecular weight is 261 g/mol. The molecule has 106 valence electrons. The van der Waals surface area contributed by atoms with Crippen molar-refractivity contribution in [3.05, 3.63) is 18.5 Å². The van der Waals surface area contributed by atoms with Gasteiger partial charge in [0.25, 0.3) is 0 Å². The molecule has 1 aliphatic rings. The highest BCUT2D eigenvalue weighted by atomic mass is 14.9. The van der Waals surface area contributed by atoms with Crippen LogP contribution >= 0.6 is 0 Å². The topological polar surface area (TPSA) is 37.0 Å². The van der Waals surface area contributed by atoms with Crippen LogP contribution < -0.4 is 10.6 Å². The Balaban J connectivity index is 1.88. The molecule has 0 radical (unpaired) electrons. The largest absolute Gasteiger partial charge is 0.384 e. The van der Waals surface area contributed by atoms with Crippen LogP contribution in [0.1, 0.15) is 52.4 Å². The van der Waals surface area contributed by atoms with Crippen molar-refractivity contribution in [1.29, 1.82) is 0 Å². The molecule has 1 aliphatic carbocycles. The van der Waals surface area contributed by atoms with Crippen LogP contribution in [-0.4, -0.2) is 18.1 Å². The molecule has 0 atom stereocenters. The molecule has 3 nitrogen and oxygen atoms in total. The number of aromatic nitrogens is 1. The lowest BCUT2D eigenvalue weighted by atomic mass is 9.76. The SMILES string of the molecule is CCCNc1cncc(NCC2(C)CCCCC2)c1. The summed E-state index contributed by atoms with van der Waals surface area (Å²) in [7, 11) is 0. The van der Waals surface area contributed by atoms with Crippen molar-refractivity contribution in [3.63, 3.8) is 0 Å². The molecule has 1 fully saturated rings. The lowest BCUT2D eigenvalue weighted by molar-refractivity contribution is 0.233. The van der Waals surface area contributed by atoms with Gasteiger partial charge in [0.15, 0.2) is 0 Å². The summed E-state index contributed by atoms with van der Waals surface area (Å²) in [6, 6.07) is 2.16. The molecule has 2 rings (SSSR count). The maximum absolute atomic E-state index is 4.30. The first-order valence-electron chi connectivity index (χ1n) is 7.65. The van der Waals surface area contributed by atoms with Gasteiger partial charge in [0.2, 0.25) is 0 Å². The van der Waals surface area contributed by atoms with Crippen LogP contribution in [0.5, 0.6) is 0 Å². The van der Waals surface area contributed by atoms with E-state index in [-0.39, 0.29) is 0 Å². The molecule has 0 aromatic carbocycles. The first kappa shape index (κ1) is 14.2. The first-order valence-corrected chi connectivity index (χ1v) is 7.65. The molecule has 0 spiro atoms. The minimum atomic E-state index is 0.463. The van der Waals surface area contributed by atoms with Gasteiger partial charge in [-0.3, -0.25) is 4.98 Å².